The van der Waals surface area contributed by atoms with Crippen LogP contribution in [-0.4, -0.2) is 29.2 Å². The molecule has 1 aliphatic rings. The average Bonchev–Trinajstić information content (AvgIpc) is 2.74. The normalized spacial score (nSPS) is 14.6. The van der Waals surface area contributed by atoms with Crippen molar-refractivity contribution < 1.29 is 9.18 Å². The fourth-order valence-electron chi connectivity index (χ4n) is 3.93. The maximum absolute atomic E-state index is 13.1. The molecule has 6 heteroatoms. The molecule has 0 bridgehead atoms. The smallest absolute Gasteiger partial charge is 0.227 e. The molecule has 2 aromatic carbocycles. The Balaban J connectivity index is 1.34. The Kier molecular flexibility index (Phi) is 5.74. The van der Waals surface area contributed by atoms with Gasteiger partial charge in [-0.3, -0.25) is 4.79 Å². The van der Waals surface area contributed by atoms with Crippen LogP contribution in [0.2, 0.25) is 0 Å². The fraction of sp³-hybridized carbons (Fsp3) is 0.292. The van der Waals surface area contributed by atoms with Crippen LogP contribution in [0, 0.1) is 25.6 Å². The Bertz CT molecular complexity index is 1010. The first-order valence-electron chi connectivity index (χ1n) is 10.2. The van der Waals surface area contributed by atoms with Gasteiger partial charge in [-0.05, 0) is 86.3 Å². The highest BCUT2D eigenvalue weighted by Crippen LogP contribution is 2.25. The van der Waals surface area contributed by atoms with E-state index in [1.54, 1.807) is 12.1 Å². The predicted octanol–water partition coefficient (Wildman–Crippen LogP) is 4.75. The summed E-state index contributed by atoms with van der Waals surface area (Å²) < 4.78 is 13.1. The number of rotatable bonds is 4. The van der Waals surface area contributed by atoms with Crippen LogP contribution in [0.1, 0.15) is 24.0 Å². The summed E-state index contributed by atoms with van der Waals surface area (Å²) in [5.74, 6) is 0.604. The van der Waals surface area contributed by atoms with Crippen LogP contribution >= 0.6 is 0 Å². The van der Waals surface area contributed by atoms with Gasteiger partial charge in [-0.2, -0.15) is 0 Å². The van der Waals surface area contributed by atoms with Gasteiger partial charge in [0, 0.05) is 30.3 Å². The fourth-order valence-corrected chi connectivity index (χ4v) is 3.93. The molecular formula is C24H25FN4O. The predicted molar refractivity (Wildman–Crippen MR) is 117 cm³/mol. The third kappa shape index (κ3) is 4.64. The van der Waals surface area contributed by atoms with Crippen LogP contribution in [0.3, 0.4) is 0 Å². The second-order valence-electron chi connectivity index (χ2n) is 7.91. The Morgan fingerprint density at radius 1 is 0.967 bits per heavy atom. The summed E-state index contributed by atoms with van der Waals surface area (Å²) in [7, 11) is 0. The van der Waals surface area contributed by atoms with Crippen LogP contribution in [0.5, 0.6) is 0 Å². The maximum Gasteiger partial charge on any atom is 0.227 e. The molecule has 5 nitrogen and oxygen atoms in total. The number of carbonyl (C=O) groups is 1. The number of nitrogens with zero attached hydrogens (tertiary/aromatic N) is 3. The van der Waals surface area contributed by atoms with E-state index in [2.05, 4.69) is 26.5 Å². The van der Waals surface area contributed by atoms with E-state index in [0.29, 0.717) is 5.69 Å². The van der Waals surface area contributed by atoms with Crippen molar-refractivity contribution in [3.8, 4) is 11.3 Å². The number of halogens is 1. The van der Waals surface area contributed by atoms with Gasteiger partial charge in [0.15, 0.2) is 5.82 Å². The van der Waals surface area contributed by atoms with E-state index in [4.69, 9.17) is 0 Å². The molecule has 0 saturated carbocycles. The molecule has 0 aliphatic carbocycles. The zero-order chi connectivity index (χ0) is 21.1. The Hall–Kier alpha value is -3.28. The summed E-state index contributed by atoms with van der Waals surface area (Å²) in [6.07, 6.45) is 1.55. The highest BCUT2D eigenvalue weighted by Gasteiger charge is 2.26. The van der Waals surface area contributed by atoms with Crippen LogP contribution in [0.4, 0.5) is 15.9 Å². The molecular weight excluding hydrogens is 379 g/mol. The topological polar surface area (TPSA) is 58.1 Å². The second-order valence-corrected chi connectivity index (χ2v) is 7.91. The summed E-state index contributed by atoms with van der Waals surface area (Å²) >= 11 is 0. The van der Waals surface area contributed by atoms with Gasteiger partial charge in [0.25, 0.3) is 0 Å². The third-order valence-corrected chi connectivity index (χ3v) is 5.47. The largest absolute Gasteiger partial charge is 0.355 e. The van der Waals surface area contributed by atoms with Gasteiger partial charge < -0.3 is 10.2 Å². The number of anilines is 2. The number of aryl methyl sites for hydroxylation is 2. The molecule has 1 saturated heterocycles. The monoisotopic (exact) mass is 404 g/mol. The van der Waals surface area contributed by atoms with Gasteiger partial charge in [-0.1, -0.05) is 6.07 Å². The molecule has 2 heterocycles. The van der Waals surface area contributed by atoms with Crippen molar-refractivity contribution in [2.24, 2.45) is 5.92 Å². The molecule has 0 radical (unpaired) electrons. The number of benzene rings is 2. The first-order valence-corrected chi connectivity index (χ1v) is 10.2. The minimum atomic E-state index is -0.271. The van der Waals surface area contributed by atoms with Crippen molar-refractivity contribution in [2.45, 2.75) is 26.7 Å². The molecule has 1 fully saturated rings. The molecule has 4 rings (SSSR count). The highest BCUT2D eigenvalue weighted by molar-refractivity contribution is 5.92. The molecule has 30 heavy (non-hydrogen) atoms. The third-order valence-electron chi connectivity index (χ3n) is 5.47. The number of nitrogens with one attached hydrogen (secondary N) is 1. The summed E-state index contributed by atoms with van der Waals surface area (Å²) in [5.41, 5.74) is 4.69. The van der Waals surface area contributed by atoms with E-state index in [9.17, 15) is 9.18 Å². The zero-order valence-corrected chi connectivity index (χ0v) is 17.2. The molecule has 0 spiro atoms. The summed E-state index contributed by atoms with van der Waals surface area (Å²) in [5, 5.41) is 11.7. The summed E-state index contributed by atoms with van der Waals surface area (Å²) in [6.45, 7) is 5.58. The zero-order valence-electron chi connectivity index (χ0n) is 17.2. The molecule has 1 amide bonds. The molecule has 154 valence electrons. The van der Waals surface area contributed by atoms with Gasteiger partial charge in [0.05, 0.1) is 5.69 Å². The number of carbonyl (C=O) groups excluding carboxylic acids is 1. The first-order chi connectivity index (χ1) is 14.5. The number of hydrogen-bond acceptors (Lipinski definition) is 4. The molecule has 0 atom stereocenters. The van der Waals surface area contributed by atoms with Gasteiger partial charge in [-0.25, -0.2) is 4.39 Å². The highest BCUT2D eigenvalue weighted by atomic mass is 19.1. The number of aromatic nitrogens is 2. The molecule has 1 aliphatic heterocycles. The maximum atomic E-state index is 13.1. The van der Waals surface area contributed by atoms with Gasteiger partial charge in [0.2, 0.25) is 5.91 Å². The Morgan fingerprint density at radius 2 is 1.63 bits per heavy atom. The summed E-state index contributed by atoms with van der Waals surface area (Å²) in [6, 6.07) is 16.1. The van der Waals surface area contributed by atoms with E-state index in [0.717, 1.165) is 54.1 Å². The van der Waals surface area contributed by atoms with Gasteiger partial charge in [-0.15, -0.1) is 10.2 Å². The van der Waals surface area contributed by atoms with Crippen molar-refractivity contribution in [3.63, 3.8) is 0 Å². The number of amides is 1. The Morgan fingerprint density at radius 3 is 2.23 bits per heavy atom. The standard InChI is InChI=1S/C24H25FN4O/c1-16-13-17(2)15-21(14-16)26-24(30)19-9-11-29(12-10-19)23-8-7-22(27-28-23)18-3-5-20(25)6-4-18/h3-8,13-15,19H,9-12H2,1-2H3,(H,26,30). The van der Waals surface area contributed by atoms with Crippen molar-refractivity contribution in [3.05, 3.63) is 71.5 Å². The van der Waals surface area contributed by atoms with Gasteiger partial charge in [0.1, 0.15) is 5.82 Å². The number of hydrogen-bond donors (Lipinski definition) is 1. The lowest BCUT2D eigenvalue weighted by Crippen LogP contribution is -2.38. The van der Waals surface area contributed by atoms with E-state index in [-0.39, 0.29) is 17.6 Å². The SMILES string of the molecule is Cc1cc(C)cc(NC(=O)C2CCN(c3ccc(-c4ccc(F)cc4)nn3)CC2)c1. The Labute approximate surface area is 176 Å². The lowest BCUT2D eigenvalue weighted by molar-refractivity contribution is -0.120. The van der Waals surface area contributed by atoms with Crippen molar-refractivity contribution in [1.82, 2.24) is 10.2 Å². The van der Waals surface area contributed by atoms with Crippen LogP contribution in [0.15, 0.2) is 54.6 Å². The van der Waals surface area contributed by atoms with Gasteiger partial charge >= 0.3 is 0 Å². The van der Waals surface area contributed by atoms with Crippen molar-refractivity contribution >= 4 is 17.4 Å². The van der Waals surface area contributed by atoms with E-state index < -0.39 is 0 Å². The van der Waals surface area contributed by atoms with E-state index in [1.807, 2.05) is 38.1 Å². The van der Waals surface area contributed by atoms with Crippen LogP contribution < -0.4 is 10.2 Å². The van der Waals surface area contributed by atoms with Crippen LogP contribution in [-0.2, 0) is 4.79 Å². The summed E-state index contributed by atoms with van der Waals surface area (Å²) in [4.78, 5) is 14.8. The van der Waals surface area contributed by atoms with E-state index in [1.165, 1.54) is 12.1 Å². The average molecular weight is 404 g/mol. The van der Waals surface area contributed by atoms with Crippen molar-refractivity contribution in [1.29, 1.82) is 0 Å². The van der Waals surface area contributed by atoms with Crippen molar-refractivity contribution in [2.75, 3.05) is 23.3 Å². The minimum Gasteiger partial charge on any atom is -0.355 e. The lowest BCUT2D eigenvalue weighted by atomic mass is 9.95. The van der Waals surface area contributed by atoms with Crippen LogP contribution in [0.25, 0.3) is 11.3 Å². The molecule has 1 N–H and O–H groups in total. The lowest BCUT2D eigenvalue weighted by Gasteiger charge is -2.31. The quantitative estimate of drug-likeness (QED) is 0.681. The second kappa shape index (κ2) is 8.61. The minimum absolute atomic E-state index is 0.00600. The molecule has 1 aromatic heterocycles. The first kappa shape index (κ1) is 20.0. The van der Waals surface area contributed by atoms with E-state index >= 15 is 0 Å². The molecule has 0 unspecified atom stereocenters. The number of piperidine rings is 1. The molecule has 3 aromatic rings.